The average molecular weight is 282 g/mol. The van der Waals surface area contributed by atoms with Crippen LogP contribution in [0.1, 0.15) is 37.3 Å². The Morgan fingerprint density at radius 1 is 1.53 bits per heavy atom. The molecule has 4 nitrogen and oxygen atoms in total. The van der Waals surface area contributed by atoms with Gasteiger partial charge in [-0.25, -0.2) is 0 Å². The van der Waals surface area contributed by atoms with Crippen molar-refractivity contribution in [2.24, 2.45) is 0 Å². The minimum atomic E-state index is 0.187. The van der Waals surface area contributed by atoms with E-state index in [0.717, 1.165) is 42.3 Å². The van der Waals surface area contributed by atoms with Crippen molar-refractivity contribution < 1.29 is 4.42 Å². The average Bonchev–Trinajstić information content (AvgIpc) is 3.03. The maximum atomic E-state index is 6.27. The summed E-state index contributed by atoms with van der Waals surface area (Å²) >= 11 is 6.27. The van der Waals surface area contributed by atoms with Crippen LogP contribution in [0.3, 0.4) is 0 Å². The monoisotopic (exact) mass is 281 g/mol. The van der Waals surface area contributed by atoms with Gasteiger partial charge in [0.15, 0.2) is 0 Å². The highest BCUT2D eigenvalue weighted by Crippen LogP contribution is 2.26. The number of hydrogen-bond donors (Lipinski definition) is 1. The van der Waals surface area contributed by atoms with Crippen molar-refractivity contribution >= 4 is 11.6 Å². The molecule has 2 heterocycles. The van der Waals surface area contributed by atoms with Gasteiger partial charge in [-0.15, -0.1) is 0 Å². The molecular weight excluding hydrogens is 262 g/mol. The maximum absolute atomic E-state index is 6.27. The molecule has 0 amide bonds. The molecule has 0 bridgehead atoms. The standard InChI is InChI=1S/C14H20ClN3O/c1-3-8-18-14(12(15)10-17-18)13(16-2)7-6-11-5-4-9-19-11/h4-5,9-10,13,16H,3,6-8H2,1-2H3. The van der Waals surface area contributed by atoms with Crippen LogP contribution < -0.4 is 5.32 Å². The molecule has 1 atom stereocenters. The van der Waals surface area contributed by atoms with Crippen LogP contribution in [0, 0.1) is 0 Å². The Kier molecular flexibility index (Phi) is 5.05. The van der Waals surface area contributed by atoms with Crippen molar-refractivity contribution in [3.63, 3.8) is 0 Å². The summed E-state index contributed by atoms with van der Waals surface area (Å²) in [5.41, 5.74) is 1.07. The molecule has 0 saturated carbocycles. The molecule has 2 rings (SSSR count). The van der Waals surface area contributed by atoms with Gasteiger partial charge in [0.1, 0.15) is 5.76 Å². The van der Waals surface area contributed by atoms with E-state index in [0.29, 0.717) is 0 Å². The number of halogens is 1. The minimum absolute atomic E-state index is 0.187. The molecule has 19 heavy (non-hydrogen) atoms. The third-order valence-electron chi connectivity index (χ3n) is 3.21. The Morgan fingerprint density at radius 3 is 3.00 bits per heavy atom. The van der Waals surface area contributed by atoms with Gasteiger partial charge in [-0.2, -0.15) is 5.10 Å². The zero-order chi connectivity index (χ0) is 13.7. The Labute approximate surface area is 118 Å². The zero-order valence-electron chi connectivity index (χ0n) is 11.4. The van der Waals surface area contributed by atoms with Crippen LogP contribution in [0.4, 0.5) is 0 Å². The molecule has 0 radical (unpaired) electrons. The highest BCUT2D eigenvalue weighted by atomic mass is 35.5. The molecule has 0 spiro atoms. The molecule has 2 aromatic rings. The Hall–Kier alpha value is -1.26. The van der Waals surface area contributed by atoms with Crippen LogP contribution in [0.5, 0.6) is 0 Å². The summed E-state index contributed by atoms with van der Waals surface area (Å²) < 4.78 is 7.36. The van der Waals surface area contributed by atoms with Crippen molar-refractivity contribution in [3.05, 3.63) is 41.1 Å². The first-order valence-electron chi connectivity index (χ1n) is 6.67. The van der Waals surface area contributed by atoms with Gasteiger partial charge in [0.05, 0.1) is 29.2 Å². The van der Waals surface area contributed by atoms with Crippen molar-refractivity contribution in [1.82, 2.24) is 15.1 Å². The molecule has 0 fully saturated rings. The number of aromatic nitrogens is 2. The van der Waals surface area contributed by atoms with Crippen LogP contribution in [-0.2, 0) is 13.0 Å². The molecule has 1 N–H and O–H groups in total. The number of furan rings is 1. The van der Waals surface area contributed by atoms with Gasteiger partial charge in [-0.1, -0.05) is 18.5 Å². The van der Waals surface area contributed by atoms with Crippen LogP contribution in [-0.4, -0.2) is 16.8 Å². The van der Waals surface area contributed by atoms with Crippen LogP contribution in [0.2, 0.25) is 5.02 Å². The number of nitrogens with one attached hydrogen (secondary N) is 1. The van der Waals surface area contributed by atoms with Gasteiger partial charge in [-0.3, -0.25) is 4.68 Å². The largest absolute Gasteiger partial charge is 0.469 e. The zero-order valence-corrected chi connectivity index (χ0v) is 12.2. The Balaban J connectivity index is 2.10. The van der Waals surface area contributed by atoms with Crippen LogP contribution >= 0.6 is 11.6 Å². The summed E-state index contributed by atoms with van der Waals surface area (Å²) in [7, 11) is 1.95. The molecule has 0 saturated heterocycles. The normalized spacial score (nSPS) is 12.8. The quantitative estimate of drug-likeness (QED) is 0.845. The lowest BCUT2D eigenvalue weighted by molar-refractivity contribution is 0.444. The SMILES string of the molecule is CCCn1ncc(Cl)c1C(CCc1ccco1)NC. The summed E-state index contributed by atoms with van der Waals surface area (Å²) in [6, 6.07) is 4.10. The predicted octanol–water partition coefficient (Wildman–Crippen LogP) is 3.43. The van der Waals surface area contributed by atoms with E-state index in [4.69, 9.17) is 16.0 Å². The minimum Gasteiger partial charge on any atom is -0.469 e. The third-order valence-corrected chi connectivity index (χ3v) is 3.50. The van der Waals surface area contributed by atoms with Crippen LogP contribution in [0.25, 0.3) is 0 Å². The Bertz CT molecular complexity index is 493. The van der Waals surface area contributed by atoms with Gasteiger partial charge < -0.3 is 9.73 Å². The van der Waals surface area contributed by atoms with Gasteiger partial charge in [-0.05, 0) is 32.0 Å². The lowest BCUT2D eigenvalue weighted by Crippen LogP contribution is -2.21. The van der Waals surface area contributed by atoms with Crippen molar-refractivity contribution in [2.75, 3.05) is 7.05 Å². The maximum Gasteiger partial charge on any atom is 0.103 e. The third kappa shape index (κ3) is 3.39. The topological polar surface area (TPSA) is 43.0 Å². The first-order valence-corrected chi connectivity index (χ1v) is 7.05. The van der Waals surface area contributed by atoms with E-state index in [1.54, 1.807) is 12.5 Å². The van der Waals surface area contributed by atoms with Crippen LogP contribution in [0.15, 0.2) is 29.0 Å². The van der Waals surface area contributed by atoms with Gasteiger partial charge >= 0.3 is 0 Å². The molecule has 104 valence electrons. The van der Waals surface area contributed by atoms with Gasteiger partial charge in [0, 0.05) is 13.0 Å². The molecule has 1 unspecified atom stereocenters. The smallest absolute Gasteiger partial charge is 0.103 e. The summed E-state index contributed by atoms with van der Waals surface area (Å²) in [5.74, 6) is 0.998. The van der Waals surface area contributed by atoms with Crippen molar-refractivity contribution in [1.29, 1.82) is 0 Å². The number of hydrogen-bond acceptors (Lipinski definition) is 3. The van der Waals surface area contributed by atoms with E-state index in [-0.39, 0.29) is 6.04 Å². The summed E-state index contributed by atoms with van der Waals surface area (Å²) in [5, 5.41) is 8.39. The number of aryl methyl sites for hydroxylation is 2. The summed E-state index contributed by atoms with van der Waals surface area (Å²) in [6.07, 6.45) is 6.28. The molecule has 0 aliphatic heterocycles. The van der Waals surface area contributed by atoms with E-state index in [1.165, 1.54) is 0 Å². The highest BCUT2D eigenvalue weighted by Gasteiger charge is 2.19. The first-order chi connectivity index (χ1) is 9.26. The van der Waals surface area contributed by atoms with E-state index in [9.17, 15) is 0 Å². The number of nitrogens with zero attached hydrogens (tertiary/aromatic N) is 2. The summed E-state index contributed by atoms with van der Waals surface area (Å²) in [6.45, 7) is 3.03. The van der Waals surface area contributed by atoms with Gasteiger partial charge in [0.2, 0.25) is 0 Å². The molecule has 5 heteroatoms. The molecule has 0 aliphatic carbocycles. The summed E-state index contributed by atoms with van der Waals surface area (Å²) in [4.78, 5) is 0. The van der Waals surface area contributed by atoms with E-state index in [2.05, 4.69) is 17.3 Å². The first kappa shape index (κ1) is 14.2. The molecule has 2 aromatic heterocycles. The second-order valence-corrected chi connectivity index (χ2v) is 4.97. The molecule has 0 aromatic carbocycles. The van der Waals surface area contributed by atoms with Crippen molar-refractivity contribution in [2.45, 2.75) is 38.8 Å². The second kappa shape index (κ2) is 6.78. The van der Waals surface area contributed by atoms with E-state index < -0.39 is 0 Å². The van der Waals surface area contributed by atoms with E-state index in [1.807, 2.05) is 23.9 Å². The van der Waals surface area contributed by atoms with E-state index >= 15 is 0 Å². The lowest BCUT2D eigenvalue weighted by atomic mass is 10.1. The second-order valence-electron chi connectivity index (χ2n) is 4.56. The van der Waals surface area contributed by atoms with Crippen molar-refractivity contribution in [3.8, 4) is 0 Å². The lowest BCUT2D eigenvalue weighted by Gasteiger charge is -2.18. The number of rotatable bonds is 7. The Morgan fingerprint density at radius 2 is 2.37 bits per heavy atom. The molecule has 0 aliphatic rings. The highest BCUT2D eigenvalue weighted by molar-refractivity contribution is 6.31. The predicted molar refractivity (Wildman–Crippen MR) is 76.4 cm³/mol. The fraction of sp³-hybridized carbons (Fsp3) is 0.500. The molecular formula is C14H20ClN3O. The van der Waals surface area contributed by atoms with Gasteiger partial charge in [0.25, 0.3) is 0 Å². The fourth-order valence-corrected chi connectivity index (χ4v) is 2.54. The fourth-order valence-electron chi connectivity index (χ4n) is 2.27.